The molecule has 0 amide bonds. The Balaban J connectivity index is 1.51. The Labute approximate surface area is 144 Å². The Morgan fingerprint density at radius 1 is 1.32 bits per heavy atom. The minimum atomic E-state index is 0.247. The fourth-order valence-electron chi connectivity index (χ4n) is 2.97. The van der Waals surface area contributed by atoms with Crippen LogP contribution in [0.4, 0.5) is 11.5 Å². The van der Waals surface area contributed by atoms with E-state index in [2.05, 4.69) is 31.6 Å². The normalized spacial score (nSPS) is 17.0. The summed E-state index contributed by atoms with van der Waals surface area (Å²) in [6, 6.07) is 2.12. The zero-order valence-corrected chi connectivity index (χ0v) is 13.7. The van der Waals surface area contributed by atoms with Crippen molar-refractivity contribution in [2.75, 3.05) is 11.9 Å². The molecule has 4 rings (SSSR count). The SMILES string of the molecule is N#CCCn1ncc2c(Nc3cnn(C[C@@H]4CCCO4)c3)ncnc21. The fourth-order valence-corrected chi connectivity index (χ4v) is 2.97. The van der Waals surface area contributed by atoms with E-state index in [0.29, 0.717) is 24.4 Å². The number of nitrogens with one attached hydrogen (secondary N) is 1. The first-order valence-electron chi connectivity index (χ1n) is 8.28. The van der Waals surface area contributed by atoms with Crippen molar-refractivity contribution in [3.8, 4) is 6.07 Å². The molecule has 1 N–H and O–H groups in total. The van der Waals surface area contributed by atoms with Crippen LogP contribution >= 0.6 is 0 Å². The number of anilines is 2. The lowest BCUT2D eigenvalue weighted by Crippen LogP contribution is -2.15. The molecule has 9 nitrogen and oxygen atoms in total. The number of hydrogen-bond donors (Lipinski definition) is 1. The van der Waals surface area contributed by atoms with Crippen molar-refractivity contribution < 1.29 is 4.74 Å². The summed E-state index contributed by atoms with van der Waals surface area (Å²) in [7, 11) is 0. The fraction of sp³-hybridized carbons (Fsp3) is 0.438. The van der Waals surface area contributed by atoms with E-state index < -0.39 is 0 Å². The lowest BCUT2D eigenvalue weighted by molar-refractivity contribution is 0.0940. The second kappa shape index (κ2) is 6.86. The van der Waals surface area contributed by atoms with Gasteiger partial charge in [-0.3, -0.25) is 4.68 Å². The molecule has 9 heteroatoms. The van der Waals surface area contributed by atoms with Gasteiger partial charge in [-0.1, -0.05) is 0 Å². The molecule has 3 aromatic rings. The molecular weight excluding hydrogens is 320 g/mol. The van der Waals surface area contributed by atoms with E-state index in [9.17, 15) is 0 Å². The van der Waals surface area contributed by atoms with Crippen LogP contribution in [0, 0.1) is 11.3 Å². The predicted octanol–water partition coefficient (Wildman–Crippen LogP) is 1.86. The third-order valence-electron chi connectivity index (χ3n) is 4.18. The van der Waals surface area contributed by atoms with Crippen LogP contribution < -0.4 is 5.32 Å². The zero-order valence-electron chi connectivity index (χ0n) is 13.7. The van der Waals surface area contributed by atoms with Crippen LogP contribution in [0.2, 0.25) is 0 Å². The first kappa shape index (κ1) is 15.5. The Morgan fingerprint density at radius 2 is 2.28 bits per heavy atom. The molecule has 1 aliphatic heterocycles. The van der Waals surface area contributed by atoms with Gasteiger partial charge in [-0.05, 0) is 12.8 Å². The highest BCUT2D eigenvalue weighted by Crippen LogP contribution is 2.23. The maximum atomic E-state index is 8.74. The molecule has 25 heavy (non-hydrogen) atoms. The maximum Gasteiger partial charge on any atom is 0.163 e. The number of hydrogen-bond acceptors (Lipinski definition) is 7. The molecule has 0 unspecified atom stereocenters. The van der Waals surface area contributed by atoms with Gasteiger partial charge in [-0.25, -0.2) is 14.6 Å². The van der Waals surface area contributed by atoms with Crippen molar-refractivity contribution in [2.24, 2.45) is 0 Å². The van der Waals surface area contributed by atoms with E-state index in [0.717, 1.165) is 37.1 Å². The molecule has 0 aliphatic carbocycles. The third-order valence-corrected chi connectivity index (χ3v) is 4.18. The van der Waals surface area contributed by atoms with Gasteiger partial charge in [0.15, 0.2) is 5.65 Å². The van der Waals surface area contributed by atoms with Crippen molar-refractivity contribution in [1.82, 2.24) is 29.5 Å². The van der Waals surface area contributed by atoms with Crippen molar-refractivity contribution in [3.63, 3.8) is 0 Å². The molecule has 4 heterocycles. The average Bonchev–Trinajstić information content (AvgIpc) is 3.36. The highest BCUT2D eigenvalue weighted by molar-refractivity contribution is 5.87. The molecule has 128 valence electrons. The van der Waals surface area contributed by atoms with Crippen LogP contribution in [0.5, 0.6) is 0 Å². The second-order valence-electron chi connectivity index (χ2n) is 5.95. The van der Waals surface area contributed by atoms with Crippen LogP contribution in [0.15, 0.2) is 24.9 Å². The topological polar surface area (TPSA) is 106 Å². The Hall–Kier alpha value is -2.99. The summed E-state index contributed by atoms with van der Waals surface area (Å²) in [5.74, 6) is 0.671. The van der Waals surface area contributed by atoms with Crippen LogP contribution in [0.3, 0.4) is 0 Å². The van der Waals surface area contributed by atoms with E-state index in [1.807, 2.05) is 10.9 Å². The Bertz CT molecular complexity index is 902. The number of nitriles is 1. The minimum absolute atomic E-state index is 0.247. The van der Waals surface area contributed by atoms with Crippen LogP contribution in [0.25, 0.3) is 11.0 Å². The molecule has 0 spiro atoms. The molecule has 1 aliphatic rings. The van der Waals surface area contributed by atoms with E-state index in [4.69, 9.17) is 10.00 Å². The number of ether oxygens (including phenoxy) is 1. The highest BCUT2D eigenvalue weighted by Gasteiger charge is 2.16. The molecule has 0 saturated carbocycles. The molecule has 3 aromatic heterocycles. The van der Waals surface area contributed by atoms with Gasteiger partial charge in [0.1, 0.15) is 12.1 Å². The zero-order chi connectivity index (χ0) is 17.1. The maximum absolute atomic E-state index is 8.74. The monoisotopic (exact) mass is 338 g/mol. The molecule has 1 fully saturated rings. The van der Waals surface area contributed by atoms with Gasteiger partial charge < -0.3 is 10.1 Å². The van der Waals surface area contributed by atoms with Gasteiger partial charge in [0.05, 0.1) is 55.2 Å². The summed E-state index contributed by atoms with van der Waals surface area (Å²) in [5.41, 5.74) is 1.56. The highest BCUT2D eigenvalue weighted by atomic mass is 16.5. The second-order valence-corrected chi connectivity index (χ2v) is 5.95. The summed E-state index contributed by atoms with van der Waals surface area (Å²) in [5, 5.41) is 21.5. The standard InChI is InChI=1S/C16H18N8O/c17-4-2-5-24-16-14(8-21-24)15(18-11-19-16)22-12-7-20-23(9-12)10-13-3-1-6-25-13/h7-9,11,13H,1-3,5-6,10H2,(H,18,19,22)/t13-/m0/s1. The van der Waals surface area contributed by atoms with E-state index in [1.54, 1.807) is 17.1 Å². The van der Waals surface area contributed by atoms with E-state index in [-0.39, 0.29) is 6.10 Å². The van der Waals surface area contributed by atoms with Gasteiger partial charge in [-0.2, -0.15) is 15.5 Å². The third kappa shape index (κ3) is 3.29. The van der Waals surface area contributed by atoms with E-state index in [1.165, 1.54) is 6.33 Å². The lowest BCUT2D eigenvalue weighted by Gasteiger charge is -2.08. The lowest BCUT2D eigenvalue weighted by atomic mass is 10.2. The number of aromatic nitrogens is 6. The van der Waals surface area contributed by atoms with Crippen LogP contribution in [-0.4, -0.2) is 42.2 Å². The Morgan fingerprint density at radius 3 is 3.12 bits per heavy atom. The van der Waals surface area contributed by atoms with Gasteiger partial charge in [0.25, 0.3) is 0 Å². The van der Waals surface area contributed by atoms with Gasteiger partial charge in [-0.15, -0.1) is 0 Å². The van der Waals surface area contributed by atoms with Crippen molar-refractivity contribution in [3.05, 3.63) is 24.9 Å². The summed E-state index contributed by atoms with van der Waals surface area (Å²) in [6.45, 7) is 2.11. The smallest absolute Gasteiger partial charge is 0.163 e. The number of fused-ring (bicyclic) bond motifs is 1. The number of aryl methyl sites for hydroxylation is 1. The van der Waals surface area contributed by atoms with Crippen molar-refractivity contribution in [2.45, 2.75) is 38.5 Å². The van der Waals surface area contributed by atoms with Crippen molar-refractivity contribution >= 4 is 22.5 Å². The minimum Gasteiger partial charge on any atom is -0.376 e. The number of nitrogens with zero attached hydrogens (tertiary/aromatic N) is 7. The first-order chi connectivity index (χ1) is 12.3. The average molecular weight is 338 g/mol. The number of rotatable bonds is 6. The molecular formula is C16H18N8O. The Kier molecular flexibility index (Phi) is 4.26. The largest absolute Gasteiger partial charge is 0.376 e. The van der Waals surface area contributed by atoms with Crippen LogP contribution in [-0.2, 0) is 17.8 Å². The quantitative estimate of drug-likeness (QED) is 0.731. The summed E-state index contributed by atoms with van der Waals surface area (Å²) < 4.78 is 9.24. The molecule has 1 atom stereocenters. The summed E-state index contributed by atoms with van der Waals surface area (Å²) in [6.07, 6.45) is 9.75. The van der Waals surface area contributed by atoms with Gasteiger partial charge >= 0.3 is 0 Å². The van der Waals surface area contributed by atoms with Crippen molar-refractivity contribution in [1.29, 1.82) is 5.26 Å². The predicted molar refractivity (Wildman–Crippen MR) is 90.0 cm³/mol. The van der Waals surface area contributed by atoms with E-state index >= 15 is 0 Å². The molecule has 0 radical (unpaired) electrons. The van der Waals surface area contributed by atoms with Crippen LogP contribution in [0.1, 0.15) is 19.3 Å². The molecule has 0 aromatic carbocycles. The summed E-state index contributed by atoms with van der Waals surface area (Å²) >= 11 is 0. The summed E-state index contributed by atoms with van der Waals surface area (Å²) in [4.78, 5) is 8.58. The van der Waals surface area contributed by atoms with Gasteiger partial charge in [0, 0.05) is 12.8 Å². The molecule has 0 bridgehead atoms. The molecule has 1 saturated heterocycles. The van der Waals surface area contributed by atoms with Gasteiger partial charge in [0.2, 0.25) is 0 Å². The first-order valence-corrected chi connectivity index (χ1v) is 8.28.